The molecule has 336 valence electrons. The van der Waals surface area contributed by atoms with Gasteiger partial charge in [-0.05, 0) is 63.4 Å². The van der Waals surface area contributed by atoms with Crippen LogP contribution in [0.1, 0.15) is 228 Å². The third-order valence-electron chi connectivity index (χ3n) is 7.66. The molecule has 0 spiro atoms. The van der Waals surface area contributed by atoms with Gasteiger partial charge in [0.2, 0.25) is 0 Å². The van der Waals surface area contributed by atoms with Crippen molar-refractivity contribution in [3.8, 4) is 0 Å². The second-order valence-corrected chi connectivity index (χ2v) is 11.5. The third-order valence-corrected chi connectivity index (χ3v) is 7.66. The molecule has 0 aliphatic heterocycles. The average molecular weight is 773 g/mol. The lowest BCUT2D eigenvalue weighted by atomic mass is 9.91. The predicted molar refractivity (Wildman–Crippen MR) is 253 cm³/mol. The number of carbonyl (C=O) groups excluding carboxylic acids is 2. The molecule has 1 N–H and O–H groups in total. The van der Waals surface area contributed by atoms with E-state index in [0.717, 1.165) is 25.7 Å². The topological polar surface area (TPSA) is 89.9 Å². The second kappa shape index (κ2) is 61.7. The highest BCUT2D eigenvalue weighted by Gasteiger charge is 2.25. The van der Waals surface area contributed by atoms with Crippen LogP contribution in [-0.2, 0) is 23.9 Å². The maximum Gasteiger partial charge on any atom is 0.311 e. The Hall–Kier alpha value is -2.37. The van der Waals surface area contributed by atoms with Gasteiger partial charge in [0.1, 0.15) is 0 Å². The van der Waals surface area contributed by atoms with Gasteiger partial charge in [-0.25, -0.2) is 0 Å². The third kappa shape index (κ3) is 54.1. The number of ether oxygens (including phenoxy) is 2. The molecular formula is C47H112O6. The van der Waals surface area contributed by atoms with Crippen molar-refractivity contribution >= 4 is 17.9 Å². The van der Waals surface area contributed by atoms with E-state index >= 15 is 0 Å². The van der Waals surface area contributed by atoms with E-state index in [0.29, 0.717) is 18.4 Å². The van der Waals surface area contributed by atoms with Gasteiger partial charge in [-0.1, -0.05) is 201 Å². The van der Waals surface area contributed by atoms with Crippen molar-refractivity contribution in [2.24, 2.45) is 23.2 Å². The Morgan fingerprint density at radius 2 is 1.08 bits per heavy atom. The monoisotopic (exact) mass is 773 g/mol. The number of hydrogen-bond donors (Lipinski definition) is 1. The number of carboxylic acid groups (broad SMARTS) is 1. The maximum absolute atomic E-state index is 11.4. The number of rotatable bonds is 14. The van der Waals surface area contributed by atoms with Crippen LogP contribution in [0.4, 0.5) is 0 Å². The smallest absolute Gasteiger partial charge is 0.311 e. The number of hydrogen-bond acceptors (Lipinski definition) is 5. The summed E-state index contributed by atoms with van der Waals surface area (Å²) >= 11 is 0. The lowest BCUT2D eigenvalue weighted by molar-refractivity contribution is -0.151. The van der Waals surface area contributed by atoms with Gasteiger partial charge in [-0.2, -0.15) is 0 Å². The van der Waals surface area contributed by atoms with Gasteiger partial charge in [-0.3, -0.25) is 14.4 Å². The lowest BCUT2D eigenvalue weighted by Gasteiger charge is -2.17. The summed E-state index contributed by atoms with van der Waals surface area (Å²) in [6.45, 7) is 22.7. The molecule has 1 rings (SSSR count). The minimum absolute atomic E-state index is 0. The van der Waals surface area contributed by atoms with Gasteiger partial charge in [0.25, 0.3) is 0 Å². The molecule has 0 aliphatic carbocycles. The Bertz CT molecular complexity index is 777. The first-order valence-corrected chi connectivity index (χ1v) is 15.7. The molecule has 4 unspecified atom stereocenters. The molecule has 0 fully saturated rings. The summed E-state index contributed by atoms with van der Waals surface area (Å²) in [5, 5.41) is 8.18. The molecular weight excluding hydrogens is 661 g/mol. The van der Waals surface area contributed by atoms with Crippen molar-refractivity contribution in [1.82, 2.24) is 0 Å². The number of aliphatic carboxylic acids is 1. The molecule has 6 nitrogen and oxygen atoms in total. The van der Waals surface area contributed by atoms with E-state index in [-0.39, 0.29) is 118 Å². The van der Waals surface area contributed by atoms with Crippen molar-refractivity contribution in [2.45, 2.75) is 223 Å². The molecule has 6 heteroatoms. The maximum atomic E-state index is 11.4. The Labute approximate surface area is 341 Å². The first kappa shape index (κ1) is 98.2. The van der Waals surface area contributed by atoms with Gasteiger partial charge >= 0.3 is 17.9 Å². The summed E-state index contributed by atoms with van der Waals surface area (Å²) in [4.78, 5) is 32.2. The molecule has 0 radical (unpaired) electrons. The first-order valence-electron chi connectivity index (χ1n) is 15.7. The van der Waals surface area contributed by atoms with Crippen LogP contribution >= 0.6 is 0 Å². The van der Waals surface area contributed by atoms with E-state index in [4.69, 9.17) is 9.84 Å². The highest BCUT2D eigenvalue weighted by molar-refractivity contribution is 5.75. The van der Waals surface area contributed by atoms with Crippen molar-refractivity contribution < 1.29 is 29.0 Å². The van der Waals surface area contributed by atoms with Crippen LogP contribution in [0.15, 0.2) is 30.3 Å². The summed E-state index contributed by atoms with van der Waals surface area (Å²) in [5.41, 5.74) is 1.14. The summed E-state index contributed by atoms with van der Waals surface area (Å²) in [6.07, 6.45) is 8.37. The second-order valence-electron chi connectivity index (χ2n) is 11.5. The van der Waals surface area contributed by atoms with E-state index in [1.165, 1.54) is 38.4 Å². The van der Waals surface area contributed by atoms with E-state index < -0.39 is 5.97 Å². The molecule has 4 atom stereocenters. The fourth-order valence-electron chi connectivity index (χ4n) is 3.02. The van der Waals surface area contributed by atoms with Crippen LogP contribution in [0.25, 0.3) is 0 Å². The van der Waals surface area contributed by atoms with Crippen LogP contribution < -0.4 is 0 Å². The standard InChI is InChI=1S/C13H26O2.C10H14.C7H14O2.C5H10O2.12CH4/c1-5-8-9-12(7-3)10-15-13(14)11(4)6-2;1-3-9(2)10-7-5-4-6-8-10;1-5-7(2,3)6(8)9-4;1-3-4(2)5(6)7;;;;;;;;;;;;/h11-12H,5-10H2,1-4H3;4-9H,3H2,1-2H3;5H2,1-4H3;4H,3H2,1-2H3,(H,6,7);12*1H4. The zero-order chi connectivity index (χ0) is 32.4. The molecule has 1 aromatic carbocycles. The molecule has 0 aromatic heterocycles. The SMILES string of the molecule is C.C.C.C.C.C.C.C.C.C.C.C.CCC(C)(C)C(=O)OC.CCC(C)C(=O)O.CCC(C)c1ccccc1.CCCCC(CC)COC(=O)C(C)CC. The van der Waals surface area contributed by atoms with Crippen LogP contribution in [-0.4, -0.2) is 36.7 Å². The van der Waals surface area contributed by atoms with Gasteiger partial charge in [0.15, 0.2) is 0 Å². The van der Waals surface area contributed by atoms with E-state index in [1.54, 1.807) is 6.92 Å². The van der Waals surface area contributed by atoms with Crippen LogP contribution in [0.3, 0.4) is 0 Å². The van der Waals surface area contributed by atoms with Crippen molar-refractivity contribution in [1.29, 1.82) is 0 Å². The lowest BCUT2D eigenvalue weighted by Crippen LogP contribution is -2.24. The Balaban J connectivity index is -0.0000000267. The summed E-state index contributed by atoms with van der Waals surface area (Å²) in [5.74, 6) is 0.257. The highest BCUT2D eigenvalue weighted by Crippen LogP contribution is 2.20. The normalized spacial score (nSPS) is 10.3. The Morgan fingerprint density at radius 1 is 0.660 bits per heavy atom. The Morgan fingerprint density at radius 3 is 1.32 bits per heavy atom. The molecule has 0 aliphatic rings. The average Bonchev–Trinajstić information content (AvgIpc) is 3.00. The van der Waals surface area contributed by atoms with Crippen LogP contribution in [0, 0.1) is 23.2 Å². The molecule has 0 saturated heterocycles. The largest absolute Gasteiger partial charge is 0.481 e. The number of carboxylic acids is 1. The number of esters is 2. The molecule has 0 bridgehead atoms. The summed E-state index contributed by atoms with van der Waals surface area (Å²) < 4.78 is 9.87. The van der Waals surface area contributed by atoms with Crippen LogP contribution in [0.5, 0.6) is 0 Å². The molecule has 0 saturated carbocycles. The van der Waals surface area contributed by atoms with Gasteiger partial charge in [0.05, 0.1) is 31.0 Å². The number of benzene rings is 1. The zero-order valence-electron chi connectivity index (χ0n) is 28.5. The quantitative estimate of drug-likeness (QED) is 0.189. The van der Waals surface area contributed by atoms with Crippen molar-refractivity contribution in [3.63, 3.8) is 0 Å². The molecule has 0 heterocycles. The zero-order valence-corrected chi connectivity index (χ0v) is 28.5. The Kier molecular flexibility index (Phi) is 114. The molecule has 1 aromatic rings. The highest BCUT2D eigenvalue weighted by atomic mass is 16.5. The molecule has 0 amide bonds. The first-order chi connectivity index (χ1) is 19.2. The number of methoxy groups -OCH3 is 1. The van der Waals surface area contributed by atoms with Gasteiger partial charge in [0, 0.05) is 0 Å². The van der Waals surface area contributed by atoms with E-state index in [2.05, 4.69) is 62.8 Å². The predicted octanol–water partition coefficient (Wildman–Crippen LogP) is 17.3. The van der Waals surface area contributed by atoms with Crippen molar-refractivity contribution in [3.05, 3.63) is 35.9 Å². The number of carbonyl (C=O) groups is 3. The van der Waals surface area contributed by atoms with E-state index in [9.17, 15) is 14.4 Å². The fourth-order valence-corrected chi connectivity index (χ4v) is 3.02. The minimum Gasteiger partial charge on any atom is -0.481 e. The summed E-state index contributed by atoms with van der Waals surface area (Å²) in [6, 6.07) is 10.6. The fraction of sp³-hybridized carbons (Fsp3) is 0.809. The van der Waals surface area contributed by atoms with Gasteiger partial charge in [-0.15, -0.1) is 0 Å². The van der Waals surface area contributed by atoms with Crippen molar-refractivity contribution in [2.75, 3.05) is 13.7 Å². The summed E-state index contributed by atoms with van der Waals surface area (Å²) in [7, 11) is 1.42. The molecule has 53 heavy (non-hydrogen) atoms. The van der Waals surface area contributed by atoms with E-state index in [1.807, 2.05) is 41.5 Å². The van der Waals surface area contributed by atoms with Gasteiger partial charge < -0.3 is 14.6 Å². The number of unbranched alkanes of at least 4 members (excludes halogenated alkanes) is 1. The minimum atomic E-state index is -0.706. The van der Waals surface area contributed by atoms with Crippen LogP contribution in [0.2, 0.25) is 0 Å².